The SMILES string of the molecule is COc1ccc([C@@]2(C)NC(=O)N(/N=C\[C@@H](C)c3ccccc3)C2=O)cc1. The number of hydrogen-bond donors (Lipinski definition) is 1. The summed E-state index contributed by atoms with van der Waals surface area (Å²) in [4.78, 5) is 25.1. The summed E-state index contributed by atoms with van der Waals surface area (Å²) in [6, 6.07) is 16.3. The van der Waals surface area contributed by atoms with Gasteiger partial charge in [0.2, 0.25) is 0 Å². The van der Waals surface area contributed by atoms with Crippen LogP contribution in [0, 0.1) is 0 Å². The van der Waals surface area contributed by atoms with E-state index in [0.717, 1.165) is 10.6 Å². The van der Waals surface area contributed by atoms with Crippen LogP contribution < -0.4 is 10.1 Å². The molecule has 1 N–H and O–H groups in total. The van der Waals surface area contributed by atoms with Gasteiger partial charge in [-0.2, -0.15) is 5.10 Å². The molecule has 0 spiro atoms. The Kier molecular flexibility index (Phi) is 4.75. The van der Waals surface area contributed by atoms with E-state index < -0.39 is 17.5 Å². The van der Waals surface area contributed by atoms with Gasteiger partial charge in [-0.3, -0.25) is 4.79 Å². The van der Waals surface area contributed by atoms with Crippen molar-refractivity contribution in [1.82, 2.24) is 10.3 Å². The number of benzene rings is 2. The topological polar surface area (TPSA) is 71.0 Å². The van der Waals surface area contributed by atoms with Crippen molar-refractivity contribution >= 4 is 18.2 Å². The third kappa shape index (κ3) is 3.18. The van der Waals surface area contributed by atoms with Crippen LogP contribution in [0.15, 0.2) is 59.7 Å². The van der Waals surface area contributed by atoms with Crippen LogP contribution in [-0.2, 0) is 10.3 Å². The molecule has 2 atom stereocenters. The molecular weight excluding hydrogens is 330 g/mol. The van der Waals surface area contributed by atoms with Gasteiger partial charge in [-0.1, -0.05) is 49.4 Å². The third-order valence-corrected chi connectivity index (χ3v) is 4.57. The number of hydrazone groups is 1. The molecule has 1 saturated heterocycles. The van der Waals surface area contributed by atoms with Crippen molar-refractivity contribution in [3.8, 4) is 5.75 Å². The maximum Gasteiger partial charge on any atom is 0.346 e. The molecule has 134 valence electrons. The summed E-state index contributed by atoms with van der Waals surface area (Å²) in [5, 5.41) is 7.76. The lowest BCUT2D eigenvalue weighted by Crippen LogP contribution is -2.40. The van der Waals surface area contributed by atoms with Gasteiger partial charge in [0.1, 0.15) is 11.3 Å². The molecule has 0 aliphatic carbocycles. The number of nitrogens with one attached hydrogen (secondary N) is 1. The maximum atomic E-state index is 12.8. The minimum absolute atomic E-state index is 0.0235. The van der Waals surface area contributed by atoms with E-state index in [1.54, 1.807) is 44.5 Å². The number of hydrogen-bond acceptors (Lipinski definition) is 4. The van der Waals surface area contributed by atoms with Crippen LogP contribution in [0.5, 0.6) is 5.75 Å². The molecule has 0 radical (unpaired) electrons. The summed E-state index contributed by atoms with van der Waals surface area (Å²) in [5.41, 5.74) is 0.572. The average molecular weight is 351 g/mol. The van der Waals surface area contributed by atoms with Gasteiger partial charge in [-0.15, -0.1) is 5.01 Å². The fraction of sp³-hybridized carbons (Fsp3) is 0.250. The van der Waals surface area contributed by atoms with Gasteiger partial charge in [0.05, 0.1) is 7.11 Å². The second kappa shape index (κ2) is 7.00. The van der Waals surface area contributed by atoms with E-state index in [9.17, 15) is 9.59 Å². The molecule has 1 aliphatic heterocycles. The summed E-state index contributed by atoms with van der Waals surface area (Å²) >= 11 is 0. The van der Waals surface area contributed by atoms with Crippen LogP contribution in [-0.4, -0.2) is 30.3 Å². The quantitative estimate of drug-likeness (QED) is 0.664. The molecule has 3 rings (SSSR count). The highest BCUT2D eigenvalue weighted by Crippen LogP contribution is 2.30. The van der Waals surface area contributed by atoms with Gasteiger partial charge in [0, 0.05) is 12.1 Å². The molecule has 0 unspecified atom stereocenters. The molecule has 26 heavy (non-hydrogen) atoms. The van der Waals surface area contributed by atoms with E-state index in [1.807, 2.05) is 37.3 Å². The van der Waals surface area contributed by atoms with Crippen LogP contribution in [0.4, 0.5) is 4.79 Å². The third-order valence-electron chi connectivity index (χ3n) is 4.57. The second-order valence-corrected chi connectivity index (χ2v) is 6.36. The number of rotatable bonds is 5. The molecule has 0 aromatic heterocycles. The van der Waals surface area contributed by atoms with E-state index in [4.69, 9.17) is 4.74 Å². The number of nitrogens with zero attached hydrogens (tertiary/aromatic N) is 2. The molecule has 2 aromatic carbocycles. The Morgan fingerprint density at radius 3 is 2.38 bits per heavy atom. The second-order valence-electron chi connectivity index (χ2n) is 6.36. The summed E-state index contributed by atoms with van der Waals surface area (Å²) in [5.74, 6) is 0.245. The number of carbonyl (C=O) groups is 2. The number of methoxy groups -OCH3 is 1. The highest BCUT2D eigenvalue weighted by Gasteiger charge is 2.49. The van der Waals surface area contributed by atoms with E-state index in [0.29, 0.717) is 11.3 Å². The molecular formula is C20H21N3O3. The van der Waals surface area contributed by atoms with Crippen molar-refractivity contribution in [2.24, 2.45) is 5.10 Å². The van der Waals surface area contributed by atoms with Crippen molar-refractivity contribution in [3.63, 3.8) is 0 Å². The zero-order valence-electron chi connectivity index (χ0n) is 15.0. The zero-order valence-corrected chi connectivity index (χ0v) is 15.0. The van der Waals surface area contributed by atoms with E-state index in [-0.39, 0.29) is 5.92 Å². The highest BCUT2D eigenvalue weighted by atomic mass is 16.5. The molecule has 1 aliphatic rings. The Bertz CT molecular complexity index is 833. The van der Waals surface area contributed by atoms with Gasteiger partial charge >= 0.3 is 6.03 Å². The predicted molar refractivity (Wildman–Crippen MR) is 99.1 cm³/mol. The number of imide groups is 1. The number of ether oxygens (including phenoxy) is 1. The predicted octanol–water partition coefficient (Wildman–Crippen LogP) is 3.25. The fourth-order valence-electron chi connectivity index (χ4n) is 2.86. The molecule has 0 bridgehead atoms. The number of amides is 3. The lowest BCUT2D eigenvalue weighted by atomic mass is 9.92. The minimum atomic E-state index is -1.16. The lowest BCUT2D eigenvalue weighted by molar-refractivity contribution is -0.131. The zero-order chi connectivity index (χ0) is 18.7. The molecule has 1 fully saturated rings. The first kappa shape index (κ1) is 17.7. The van der Waals surface area contributed by atoms with Crippen LogP contribution in [0.1, 0.15) is 30.9 Å². The molecule has 2 aromatic rings. The van der Waals surface area contributed by atoms with Gasteiger partial charge < -0.3 is 10.1 Å². The van der Waals surface area contributed by atoms with Crippen LogP contribution in [0.3, 0.4) is 0 Å². The maximum absolute atomic E-state index is 12.8. The van der Waals surface area contributed by atoms with E-state index >= 15 is 0 Å². The van der Waals surface area contributed by atoms with Gasteiger partial charge in [-0.25, -0.2) is 4.79 Å². The summed E-state index contributed by atoms with van der Waals surface area (Å²) < 4.78 is 5.13. The molecule has 3 amide bonds. The van der Waals surface area contributed by atoms with E-state index in [1.165, 1.54) is 0 Å². The standard InChI is InChI=1S/C20H21N3O3/c1-14(15-7-5-4-6-8-15)13-21-23-18(24)20(2,22-19(23)25)16-9-11-17(26-3)12-10-16/h4-14H,1-3H3,(H,22,25)/b21-13-/t14-,20-/m1/s1. The fourth-order valence-corrected chi connectivity index (χ4v) is 2.86. The number of urea groups is 1. The van der Waals surface area contributed by atoms with Crippen molar-refractivity contribution in [2.75, 3.05) is 7.11 Å². The van der Waals surface area contributed by atoms with Gasteiger partial charge in [0.15, 0.2) is 0 Å². The van der Waals surface area contributed by atoms with Crippen LogP contribution in [0.2, 0.25) is 0 Å². The highest BCUT2D eigenvalue weighted by molar-refractivity contribution is 6.07. The summed E-state index contributed by atoms with van der Waals surface area (Å²) in [7, 11) is 1.57. The first-order chi connectivity index (χ1) is 12.5. The molecule has 6 heteroatoms. The van der Waals surface area contributed by atoms with Crippen LogP contribution >= 0.6 is 0 Å². The van der Waals surface area contributed by atoms with Crippen molar-refractivity contribution in [1.29, 1.82) is 0 Å². The Balaban J connectivity index is 1.80. The Hall–Kier alpha value is -3.15. The summed E-state index contributed by atoms with van der Waals surface area (Å²) in [6.07, 6.45) is 1.60. The van der Waals surface area contributed by atoms with Gasteiger partial charge in [0.25, 0.3) is 5.91 Å². The average Bonchev–Trinajstić information content (AvgIpc) is 2.90. The largest absolute Gasteiger partial charge is 0.497 e. The van der Waals surface area contributed by atoms with Crippen molar-refractivity contribution < 1.29 is 14.3 Å². The number of carbonyl (C=O) groups excluding carboxylic acids is 2. The monoisotopic (exact) mass is 351 g/mol. The summed E-state index contributed by atoms with van der Waals surface area (Å²) in [6.45, 7) is 3.63. The van der Waals surface area contributed by atoms with Crippen LogP contribution in [0.25, 0.3) is 0 Å². The Morgan fingerprint density at radius 1 is 1.12 bits per heavy atom. The normalized spacial score (nSPS) is 21.1. The first-order valence-corrected chi connectivity index (χ1v) is 8.36. The lowest BCUT2D eigenvalue weighted by Gasteiger charge is -2.21. The first-order valence-electron chi connectivity index (χ1n) is 8.36. The Morgan fingerprint density at radius 2 is 1.77 bits per heavy atom. The molecule has 0 saturated carbocycles. The van der Waals surface area contributed by atoms with E-state index in [2.05, 4.69) is 10.4 Å². The minimum Gasteiger partial charge on any atom is -0.497 e. The molecule has 1 heterocycles. The van der Waals surface area contributed by atoms with Gasteiger partial charge in [-0.05, 0) is 30.2 Å². The molecule has 6 nitrogen and oxygen atoms in total. The Labute approximate surface area is 152 Å². The smallest absolute Gasteiger partial charge is 0.346 e. The van der Waals surface area contributed by atoms with Crippen molar-refractivity contribution in [2.45, 2.75) is 25.3 Å². The van der Waals surface area contributed by atoms with Crippen molar-refractivity contribution in [3.05, 3.63) is 65.7 Å².